The van der Waals surface area contributed by atoms with Crippen molar-refractivity contribution in [2.24, 2.45) is 47.3 Å². The lowest BCUT2D eigenvalue weighted by molar-refractivity contribution is -0.398. The zero-order valence-electron chi connectivity index (χ0n) is 37.6. The van der Waals surface area contributed by atoms with E-state index in [1.54, 1.807) is 6.92 Å². The summed E-state index contributed by atoms with van der Waals surface area (Å²) in [7, 11) is 0. The van der Waals surface area contributed by atoms with Gasteiger partial charge in [-0.15, -0.1) is 0 Å². The molecule has 6 aliphatic rings. The zero-order valence-corrected chi connectivity index (χ0v) is 37.6. The molecule has 0 aromatic carbocycles. The minimum atomic E-state index is -1.26. The highest BCUT2D eigenvalue weighted by molar-refractivity contribution is 5.84. The van der Waals surface area contributed by atoms with E-state index in [4.69, 9.17) is 23.7 Å². The topological polar surface area (TPSA) is 170 Å². The molecule has 0 aromatic heterocycles. The van der Waals surface area contributed by atoms with E-state index in [1.807, 2.05) is 46.8 Å². The van der Waals surface area contributed by atoms with Crippen molar-refractivity contribution in [1.82, 2.24) is 5.32 Å². The number of rotatable bonds is 14. The van der Waals surface area contributed by atoms with Crippen molar-refractivity contribution in [2.75, 3.05) is 0 Å². The maximum atomic E-state index is 14.6. The maximum Gasteiger partial charge on any atom is 0.309 e. The summed E-state index contributed by atoms with van der Waals surface area (Å²) in [6.45, 7) is 19.8. The largest absolute Gasteiger partial charge is 0.481 e. The van der Waals surface area contributed by atoms with Crippen LogP contribution in [0, 0.1) is 47.3 Å². The number of carboxylic acids is 1. The van der Waals surface area contributed by atoms with Crippen LogP contribution < -0.4 is 5.32 Å². The molecule has 5 heterocycles. The van der Waals surface area contributed by atoms with E-state index in [9.17, 15) is 29.7 Å². The third-order valence-corrected chi connectivity index (χ3v) is 16.3. The van der Waals surface area contributed by atoms with Gasteiger partial charge in [0.05, 0.1) is 53.7 Å². The molecule has 336 valence electrons. The van der Waals surface area contributed by atoms with Crippen LogP contribution in [0.4, 0.5) is 0 Å². The summed E-state index contributed by atoms with van der Waals surface area (Å²) in [6, 6.07) is -0.572. The third kappa shape index (κ3) is 8.85. The van der Waals surface area contributed by atoms with Gasteiger partial charge in [0.1, 0.15) is 11.8 Å². The fraction of sp³-hybridized carbons (Fsp3) is 0.894. The molecule has 12 heteroatoms. The van der Waals surface area contributed by atoms with Crippen molar-refractivity contribution >= 4 is 17.7 Å². The second-order valence-electron chi connectivity index (χ2n) is 20.1. The number of Topliss-reactive ketones (excluding diaryl/α,β-unsaturated/α-hetero) is 1. The average molecular weight is 832 g/mol. The Balaban J connectivity index is 1.23. The predicted molar refractivity (Wildman–Crippen MR) is 222 cm³/mol. The number of aliphatic hydroxyl groups is 2. The van der Waals surface area contributed by atoms with E-state index in [-0.39, 0.29) is 53.7 Å². The van der Waals surface area contributed by atoms with Gasteiger partial charge >= 0.3 is 5.97 Å². The minimum absolute atomic E-state index is 0.00365. The Kier molecular flexibility index (Phi) is 14.2. The van der Waals surface area contributed by atoms with Gasteiger partial charge in [0.25, 0.3) is 0 Å². The highest BCUT2D eigenvalue weighted by Gasteiger charge is 2.63. The molecule has 0 radical (unpaired) electrons. The summed E-state index contributed by atoms with van der Waals surface area (Å²) < 4.78 is 34.6. The van der Waals surface area contributed by atoms with E-state index in [1.165, 1.54) is 0 Å². The van der Waals surface area contributed by atoms with Crippen molar-refractivity contribution < 1.29 is 53.4 Å². The summed E-state index contributed by atoms with van der Waals surface area (Å²) in [5, 5.41) is 36.2. The number of nitrogens with one attached hydrogen (secondary N) is 1. The maximum absolute atomic E-state index is 14.6. The number of aliphatic carboxylic acids is 1. The van der Waals surface area contributed by atoms with Gasteiger partial charge in [0.2, 0.25) is 5.91 Å². The number of ketones is 1. The molecule has 2 spiro atoms. The van der Waals surface area contributed by atoms with Crippen molar-refractivity contribution in [3.8, 4) is 0 Å². The van der Waals surface area contributed by atoms with Gasteiger partial charge in [0, 0.05) is 36.0 Å². The van der Waals surface area contributed by atoms with Gasteiger partial charge < -0.3 is 44.3 Å². The van der Waals surface area contributed by atoms with Crippen molar-refractivity contribution in [3.63, 3.8) is 0 Å². The quantitative estimate of drug-likeness (QED) is 0.132. The van der Waals surface area contributed by atoms with Crippen LogP contribution in [0.5, 0.6) is 0 Å². The summed E-state index contributed by atoms with van der Waals surface area (Å²) in [6.07, 6.45) is 9.75. The lowest BCUT2D eigenvalue weighted by Gasteiger charge is -2.55. The monoisotopic (exact) mass is 832 g/mol. The van der Waals surface area contributed by atoms with E-state index in [2.05, 4.69) is 33.0 Å². The lowest BCUT2D eigenvalue weighted by atomic mass is 9.72. The van der Waals surface area contributed by atoms with Crippen molar-refractivity contribution in [1.29, 1.82) is 0 Å². The van der Waals surface area contributed by atoms with Crippen LogP contribution in [0.15, 0.2) is 12.2 Å². The molecule has 59 heavy (non-hydrogen) atoms. The molecule has 1 amide bonds. The number of hydrogen-bond acceptors (Lipinski definition) is 10. The highest BCUT2D eigenvalue weighted by atomic mass is 16.8. The summed E-state index contributed by atoms with van der Waals surface area (Å²) in [5.74, 6) is -5.76. The standard InChI is InChI=1S/C47H77NO11/c1-11-33(43(52)53)35-18-17-26(4)40(56-35)30(8)38(49)29(7)39(50)34(12-2)41-27(5)25-28(6)46(57-41)22-19-36(48-42(51)32-15-14-16-32)47(59-46)24-23-44(10,58-47)37-20-21-45(54,13-3)31(9)55-37/h19,22,26-38,40-41,49,54H,11-18,20-21,23-25H2,1-10H3,(H,48,51)(H,52,53)/t26-,27-,28+,29-,30-,31-,33+,34?,35+,36+,37+,38+,40+,41-,44-,45+,46-,47-/m0/s1. The van der Waals surface area contributed by atoms with Crippen LogP contribution in [0.3, 0.4) is 0 Å². The van der Waals surface area contributed by atoms with E-state index in [0.717, 1.165) is 25.7 Å². The molecule has 18 atom stereocenters. The Morgan fingerprint density at radius 1 is 0.864 bits per heavy atom. The molecule has 4 N–H and O–H groups in total. The molecule has 6 rings (SSSR count). The zero-order chi connectivity index (χ0) is 43.2. The summed E-state index contributed by atoms with van der Waals surface area (Å²) >= 11 is 0. The molecule has 1 aliphatic carbocycles. The molecule has 1 saturated carbocycles. The number of carbonyl (C=O) groups is 3. The first-order chi connectivity index (χ1) is 27.8. The average Bonchev–Trinajstić information content (AvgIpc) is 3.52. The number of carboxylic acid groups (broad SMARTS) is 1. The summed E-state index contributed by atoms with van der Waals surface area (Å²) in [5.41, 5.74) is -1.65. The Bertz CT molecular complexity index is 1540. The van der Waals surface area contributed by atoms with Crippen molar-refractivity contribution in [3.05, 3.63) is 12.2 Å². The first-order valence-electron chi connectivity index (χ1n) is 23.3. The predicted octanol–water partition coefficient (Wildman–Crippen LogP) is 7.11. The highest BCUT2D eigenvalue weighted by Crippen LogP contribution is 2.54. The fourth-order valence-electron chi connectivity index (χ4n) is 11.6. The normalized spacial score (nSPS) is 44.0. The lowest BCUT2D eigenvalue weighted by Crippen LogP contribution is -2.66. The second-order valence-corrected chi connectivity index (χ2v) is 20.1. The van der Waals surface area contributed by atoms with Gasteiger partial charge in [-0.25, -0.2) is 0 Å². The molecular formula is C47H77NO11. The van der Waals surface area contributed by atoms with Crippen LogP contribution in [-0.2, 0) is 38.1 Å². The van der Waals surface area contributed by atoms with Crippen LogP contribution in [0.1, 0.15) is 153 Å². The van der Waals surface area contributed by atoms with Gasteiger partial charge in [-0.1, -0.05) is 67.9 Å². The molecule has 0 aromatic rings. The van der Waals surface area contributed by atoms with Gasteiger partial charge in [0.15, 0.2) is 11.6 Å². The first kappa shape index (κ1) is 46.6. The van der Waals surface area contributed by atoms with E-state index in [0.29, 0.717) is 57.8 Å². The van der Waals surface area contributed by atoms with Crippen LogP contribution >= 0.6 is 0 Å². The molecule has 1 unspecified atom stereocenters. The Labute approximate surface area is 353 Å². The van der Waals surface area contributed by atoms with Gasteiger partial charge in [-0.3, -0.25) is 14.4 Å². The van der Waals surface area contributed by atoms with Crippen LogP contribution in [0.25, 0.3) is 0 Å². The fourth-order valence-corrected chi connectivity index (χ4v) is 11.6. The second kappa shape index (κ2) is 18.0. The number of carbonyl (C=O) groups excluding carboxylic acids is 2. The molecule has 5 aliphatic heterocycles. The molecule has 4 saturated heterocycles. The van der Waals surface area contributed by atoms with Crippen LogP contribution in [-0.4, -0.2) is 98.4 Å². The van der Waals surface area contributed by atoms with E-state index >= 15 is 0 Å². The number of amides is 1. The third-order valence-electron chi connectivity index (χ3n) is 16.3. The Morgan fingerprint density at radius 3 is 2.15 bits per heavy atom. The number of ether oxygens (including phenoxy) is 5. The minimum Gasteiger partial charge on any atom is -0.481 e. The molecule has 12 nitrogen and oxygen atoms in total. The van der Waals surface area contributed by atoms with E-state index < -0.39 is 76.8 Å². The molecular weight excluding hydrogens is 755 g/mol. The first-order valence-corrected chi connectivity index (χ1v) is 23.3. The number of aliphatic hydroxyl groups excluding tert-OH is 1. The Morgan fingerprint density at radius 2 is 1.56 bits per heavy atom. The Hall–Kier alpha value is -1.93. The SMILES string of the molecule is CCC(C(=O)[C@@H](C)[C@@H](O)[C@H](C)[C@@H]1O[C@@H]([C@@H](CC)C(=O)O)CC[C@@H]1C)[C@H]1O[C@]2(C=C[C@@H](NC(=O)C3CCC3)[C@]3(CC[C@@](C)([C@H]4CC[C@](O)(CC)[C@H](C)O4)O3)O2)[C@H](C)C[C@@H]1C. The van der Waals surface area contributed by atoms with Gasteiger partial charge in [-0.2, -0.15) is 0 Å². The molecule has 0 bridgehead atoms. The van der Waals surface area contributed by atoms with Gasteiger partial charge in [-0.05, 0) is 102 Å². The molecule has 5 fully saturated rings. The number of hydrogen-bond donors (Lipinski definition) is 4. The van der Waals surface area contributed by atoms with Crippen LogP contribution in [0.2, 0.25) is 0 Å². The smallest absolute Gasteiger partial charge is 0.309 e. The van der Waals surface area contributed by atoms with Crippen molar-refractivity contribution in [2.45, 2.75) is 218 Å². The summed E-state index contributed by atoms with van der Waals surface area (Å²) in [4.78, 5) is 40.2.